The predicted octanol–water partition coefficient (Wildman–Crippen LogP) is 1.33. The fourth-order valence-corrected chi connectivity index (χ4v) is 4.46. The molecule has 0 fully saturated rings. The molecule has 1 aromatic carbocycles. The van der Waals surface area contributed by atoms with Gasteiger partial charge in [0, 0.05) is 0 Å². The summed E-state index contributed by atoms with van der Waals surface area (Å²) in [5.41, 5.74) is 5.75. The van der Waals surface area contributed by atoms with Crippen LogP contribution in [0.15, 0.2) is 24.3 Å². The molecule has 0 saturated heterocycles. The van der Waals surface area contributed by atoms with Gasteiger partial charge in [0.25, 0.3) is 0 Å². The number of benzene rings is 1. The van der Waals surface area contributed by atoms with E-state index in [1.54, 1.807) is 0 Å². The standard InChI is InChI=1S/C7H6NO.3CH3.Sn/c8-7(9)6-4-2-1-3-5-6;;;;/h2-5H,(H2,8,9);3*1H3;. The van der Waals surface area contributed by atoms with Crippen LogP contribution in [0.2, 0.25) is 14.8 Å². The Balaban J connectivity index is 3.01. The molecule has 1 amide bonds. The third kappa shape index (κ3) is 2.72. The van der Waals surface area contributed by atoms with Crippen molar-refractivity contribution in [1.29, 1.82) is 0 Å². The molecule has 70 valence electrons. The van der Waals surface area contributed by atoms with E-state index in [0.717, 1.165) is 0 Å². The van der Waals surface area contributed by atoms with Crippen molar-refractivity contribution in [3.05, 3.63) is 29.8 Å². The van der Waals surface area contributed by atoms with E-state index >= 15 is 0 Å². The Labute approximate surface area is 83.0 Å². The molecule has 0 aliphatic heterocycles. The normalized spacial score (nSPS) is 11.3. The molecule has 2 N–H and O–H groups in total. The van der Waals surface area contributed by atoms with E-state index in [4.69, 9.17) is 5.73 Å². The fraction of sp³-hybridized carbons (Fsp3) is 0.300. The number of primary amides is 1. The second-order valence-corrected chi connectivity index (χ2v) is 18.7. The Morgan fingerprint density at radius 1 is 1.15 bits per heavy atom. The summed E-state index contributed by atoms with van der Waals surface area (Å²) in [5, 5.41) is 0. The van der Waals surface area contributed by atoms with Gasteiger partial charge in [0.15, 0.2) is 0 Å². The average molecular weight is 284 g/mol. The van der Waals surface area contributed by atoms with Crippen molar-refractivity contribution in [3.8, 4) is 0 Å². The van der Waals surface area contributed by atoms with Gasteiger partial charge in [-0.3, -0.25) is 0 Å². The van der Waals surface area contributed by atoms with Gasteiger partial charge in [-0.2, -0.15) is 0 Å². The molecule has 0 saturated carbocycles. The third-order valence-electron chi connectivity index (χ3n) is 2.04. The van der Waals surface area contributed by atoms with Gasteiger partial charge in [-0.15, -0.1) is 0 Å². The number of carbonyl (C=O) groups is 1. The van der Waals surface area contributed by atoms with Gasteiger partial charge in [0.2, 0.25) is 0 Å². The van der Waals surface area contributed by atoms with Crippen molar-refractivity contribution in [2.24, 2.45) is 5.73 Å². The van der Waals surface area contributed by atoms with Crippen LogP contribution in [0.3, 0.4) is 0 Å². The van der Waals surface area contributed by atoms with E-state index < -0.39 is 18.4 Å². The Hall–Kier alpha value is -0.511. The summed E-state index contributed by atoms with van der Waals surface area (Å²) in [5.74, 6) is -0.351. The molecule has 0 atom stereocenters. The first kappa shape index (κ1) is 10.6. The van der Waals surface area contributed by atoms with E-state index in [1.807, 2.05) is 24.3 Å². The zero-order valence-corrected chi connectivity index (χ0v) is 11.1. The second kappa shape index (κ2) is 3.70. The van der Waals surface area contributed by atoms with Crippen molar-refractivity contribution in [3.63, 3.8) is 0 Å². The van der Waals surface area contributed by atoms with Crippen LogP contribution in [0.4, 0.5) is 0 Å². The minimum absolute atomic E-state index is 0.351. The summed E-state index contributed by atoms with van der Waals surface area (Å²) in [6, 6.07) is 7.71. The third-order valence-corrected chi connectivity index (χ3v) is 7.93. The molecule has 13 heavy (non-hydrogen) atoms. The van der Waals surface area contributed by atoms with Gasteiger partial charge in [-0.25, -0.2) is 0 Å². The number of carbonyl (C=O) groups excluding carboxylic acids is 1. The molecule has 2 nitrogen and oxygen atoms in total. The van der Waals surface area contributed by atoms with Crippen molar-refractivity contribution >= 4 is 27.9 Å². The van der Waals surface area contributed by atoms with E-state index in [-0.39, 0.29) is 5.91 Å². The molecular formula is C10H15NOSn. The fourth-order valence-electron chi connectivity index (χ4n) is 1.13. The van der Waals surface area contributed by atoms with E-state index in [0.29, 0.717) is 5.56 Å². The van der Waals surface area contributed by atoms with Crippen LogP contribution >= 0.6 is 0 Å². The zero-order chi connectivity index (χ0) is 10.1. The molecule has 0 bridgehead atoms. The first-order valence-electron chi connectivity index (χ1n) is 4.31. The van der Waals surface area contributed by atoms with Crippen LogP contribution in [0.5, 0.6) is 0 Å². The van der Waals surface area contributed by atoms with E-state index in [1.165, 1.54) is 3.58 Å². The SMILES string of the molecule is [CH3][Sn]([CH3])([CH3])[c]1ccc(C(N)=O)cc1. The molecule has 0 unspecified atom stereocenters. The molecule has 0 aliphatic rings. The summed E-state index contributed by atoms with van der Waals surface area (Å²) >= 11 is -1.94. The molecule has 1 aromatic rings. The van der Waals surface area contributed by atoms with E-state index in [2.05, 4.69) is 14.8 Å². The first-order valence-corrected chi connectivity index (χ1v) is 14.3. The number of nitrogens with two attached hydrogens (primary N) is 1. The van der Waals surface area contributed by atoms with Crippen LogP contribution in [0, 0.1) is 0 Å². The van der Waals surface area contributed by atoms with Crippen LogP contribution in [-0.2, 0) is 0 Å². The van der Waals surface area contributed by atoms with Crippen LogP contribution < -0.4 is 9.31 Å². The summed E-state index contributed by atoms with van der Waals surface area (Å²) in [4.78, 5) is 17.8. The summed E-state index contributed by atoms with van der Waals surface area (Å²) in [6.07, 6.45) is 0. The Kier molecular flexibility index (Phi) is 3.01. The second-order valence-electron chi connectivity index (χ2n) is 4.19. The van der Waals surface area contributed by atoms with Crippen molar-refractivity contribution in [2.75, 3.05) is 0 Å². The Morgan fingerprint density at radius 2 is 1.62 bits per heavy atom. The maximum atomic E-state index is 10.8. The topological polar surface area (TPSA) is 43.1 Å². The van der Waals surface area contributed by atoms with Crippen LogP contribution in [0.25, 0.3) is 0 Å². The number of rotatable bonds is 2. The van der Waals surface area contributed by atoms with Gasteiger partial charge in [0.1, 0.15) is 0 Å². The molecule has 0 radical (unpaired) electrons. The summed E-state index contributed by atoms with van der Waals surface area (Å²) < 4.78 is 1.42. The Morgan fingerprint density at radius 3 is 1.92 bits per heavy atom. The van der Waals surface area contributed by atoms with Crippen molar-refractivity contribution in [2.45, 2.75) is 14.8 Å². The van der Waals surface area contributed by atoms with Gasteiger partial charge in [-0.1, -0.05) is 0 Å². The van der Waals surface area contributed by atoms with Crippen molar-refractivity contribution < 1.29 is 4.79 Å². The summed E-state index contributed by atoms with van der Waals surface area (Å²) in [7, 11) is 0. The summed E-state index contributed by atoms with van der Waals surface area (Å²) in [6.45, 7) is 0. The first-order chi connectivity index (χ1) is 5.91. The van der Waals surface area contributed by atoms with Crippen molar-refractivity contribution in [1.82, 2.24) is 0 Å². The van der Waals surface area contributed by atoms with Crippen LogP contribution in [-0.4, -0.2) is 24.3 Å². The van der Waals surface area contributed by atoms with Gasteiger partial charge in [-0.05, 0) is 0 Å². The number of hydrogen-bond donors (Lipinski definition) is 1. The Bertz CT molecular complexity index is 311. The van der Waals surface area contributed by atoms with Gasteiger partial charge >= 0.3 is 83.0 Å². The number of amides is 1. The molecule has 1 rings (SSSR count). The van der Waals surface area contributed by atoms with Crippen LogP contribution in [0.1, 0.15) is 10.4 Å². The minimum atomic E-state index is -1.94. The van der Waals surface area contributed by atoms with Gasteiger partial charge in [0.05, 0.1) is 0 Å². The predicted molar refractivity (Wildman–Crippen MR) is 57.9 cm³/mol. The molecule has 0 spiro atoms. The molecule has 0 aliphatic carbocycles. The molecule has 3 heteroatoms. The van der Waals surface area contributed by atoms with E-state index in [9.17, 15) is 4.79 Å². The molecular weight excluding hydrogens is 269 g/mol. The quantitative estimate of drug-likeness (QED) is 0.818. The average Bonchev–Trinajstić information content (AvgIpc) is 2.03. The molecule has 0 aromatic heterocycles. The zero-order valence-electron chi connectivity index (χ0n) is 8.29. The monoisotopic (exact) mass is 285 g/mol. The molecule has 0 heterocycles. The van der Waals surface area contributed by atoms with Gasteiger partial charge < -0.3 is 0 Å². The maximum absolute atomic E-state index is 10.8. The number of hydrogen-bond acceptors (Lipinski definition) is 1.